The van der Waals surface area contributed by atoms with Gasteiger partial charge in [0.15, 0.2) is 0 Å². The molecule has 0 fully saturated rings. The number of benzene rings is 1. The molecular weight excluding hydrogens is 276 g/mol. The first kappa shape index (κ1) is 16.6. The van der Waals surface area contributed by atoms with E-state index in [1.165, 1.54) is 11.1 Å². The van der Waals surface area contributed by atoms with Crippen molar-refractivity contribution in [2.75, 3.05) is 20.8 Å². The van der Waals surface area contributed by atoms with Crippen LogP contribution in [0.2, 0.25) is 0 Å². The Kier molecular flexibility index (Phi) is 5.24. The lowest BCUT2D eigenvalue weighted by Gasteiger charge is -2.18. The summed E-state index contributed by atoms with van der Waals surface area (Å²) in [6, 6.07) is 8.11. The maximum absolute atomic E-state index is 5.20. The van der Waals surface area contributed by atoms with Crippen LogP contribution in [0, 0.1) is 0 Å². The summed E-state index contributed by atoms with van der Waals surface area (Å²) in [4.78, 5) is 0. The first-order valence-electron chi connectivity index (χ1n) is 7.62. The molecule has 0 atom stereocenters. The van der Waals surface area contributed by atoms with Crippen LogP contribution in [-0.4, -0.2) is 30.6 Å². The van der Waals surface area contributed by atoms with E-state index < -0.39 is 0 Å². The van der Waals surface area contributed by atoms with Crippen LogP contribution in [0.5, 0.6) is 5.75 Å². The summed E-state index contributed by atoms with van der Waals surface area (Å²) in [5.41, 5.74) is 3.71. The Morgan fingerprint density at radius 2 is 1.77 bits per heavy atom. The molecule has 0 bridgehead atoms. The van der Waals surface area contributed by atoms with E-state index >= 15 is 0 Å². The van der Waals surface area contributed by atoms with Crippen LogP contribution < -0.4 is 4.74 Å². The van der Waals surface area contributed by atoms with Crippen molar-refractivity contribution in [3.63, 3.8) is 0 Å². The predicted octanol–water partition coefficient (Wildman–Crippen LogP) is 3.43. The molecule has 0 saturated carbocycles. The van der Waals surface area contributed by atoms with Gasteiger partial charge in [0.05, 0.1) is 26.0 Å². The quantitative estimate of drug-likeness (QED) is 0.820. The van der Waals surface area contributed by atoms with Crippen molar-refractivity contribution in [3.05, 3.63) is 47.3 Å². The van der Waals surface area contributed by atoms with Gasteiger partial charge in [-0.15, -0.1) is 0 Å². The molecule has 1 aromatic carbocycles. The Labute approximate surface area is 133 Å². The fraction of sp³-hybridized carbons (Fsp3) is 0.500. The lowest BCUT2D eigenvalue weighted by atomic mass is 9.87. The average Bonchev–Trinajstić information content (AvgIpc) is 2.89. The molecule has 4 nitrogen and oxygen atoms in total. The van der Waals surface area contributed by atoms with E-state index in [-0.39, 0.29) is 5.41 Å². The molecule has 4 heteroatoms. The van der Waals surface area contributed by atoms with Gasteiger partial charge in [-0.25, -0.2) is 0 Å². The number of methoxy groups -OCH3 is 2. The standard InChI is InChI=1S/C18H26N2O2/c1-18(2,3)16-13-20(19-17(16)10-11-21-4)12-14-6-8-15(22-5)9-7-14/h6-9,13H,10-12H2,1-5H3. The number of rotatable bonds is 6. The van der Waals surface area contributed by atoms with E-state index in [0.29, 0.717) is 6.61 Å². The molecule has 2 rings (SSSR count). The lowest BCUT2D eigenvalue weighted by molar-refractivity contribution is 0.201. The maximum Gasteiger partial charge on any atom is 0.118 e. The zero-order chi connectivity index (χ0) is 16.2. The van der Waals surface area contributed by atoms with Crippen molar-refractivity contribution in [3.8, 4) is 5.75 Å². The Bertz CT molecular complexity index is 595. The minimum Gasteiger partial charge on any atom is -0.497 e. The molecule has 2 aromatic rings. The summed E-state index contributed by atoms with van der Waals surface area (Å²) in [5, 5.41) is 4.76. The third-order valence-corrected chi connectivity index (χ3v) is 3.69. The third-order valence-electron chi connectivity index (χ3n) is 3.69. The SMILES string of the molecule is COCCc1nn(Cc2ccc(OC)cc2)cc1C(C)(C)C. The van der Waals surface area contributed by atoms with Gasteiger partial charge in [-0.05, 0) is 28.7 Å². The molecule has 0 aliphatic heterocycles. The summed E-state index contributed by atoms with van der Waals surface area (Å²) in [6.45, 7) is 8.12. The number of ether oxygens (including phenoxy) is 2. The second-order valence-corrected chi connectivity index (χ2v) is 6.53. The number of nitrogens with zero attached hydrogens (tertiary/aromatic N) is 2. The molecule has 0 saturated heterocycles. The van der Waals surface area contributed by atoms with E-state index in [9.17, 15) is 0 Å². The van der Waals surface area contributed by atoms with Gasteiger partial charge in [-0.1, -0.05) is 32.9 Å². The highest BCUT2D eigenvalue weighted by Crippen LogP contribution is 2.26. The van der Waals surface area contributed by atoms with Crippen molar-refractivity contribution in [1.29, 1.82) is 0 Å². The molecule has 1 heterocycles. The molecule has 0 spiro atoms. The highest BCUT2D eigenvalue weighted by atomic mass is 16.5. The molecule has 120 valence electrons. The molecule has 0 radical (unpaired) electrons. The number of aromatic nitrogens is 2. The normalized spacial score (nSPS) is 11.7. The smallest absolute Gasteiger partial charge is 0.118 e. The highest BCUT2D eigenvalue weighted by molar-refractivity contribution is 5.29. The van der Waals surface area contributed by atoms with Crippen molar-refractivity contribution >= 4 is 0 Å². The first-order valence-corrected chi connectivity index (χ1v) is 7.62. The Morgan fingerprint density at radius 3 is 2.32 bits per heavy atom. The van der Waals surface area contributed by atoms with Gasteiger partial charge in [0.1, 0.15) is 5.75 Å². The summed E-state index contributed by atoms with van der Waals surface area (Å²) in [7, 11) is 3.41. The number of hydrogen-bond donors (Lipinski definition) is 0. The van der Waals surface area contributed by atoms with Crippen LogP contribution in [-0.2, 0) is 23.1 Å². The topological polar surface area (TPSA) is 36.3 Å². The predicted molar refractivity (Wildman–Crippen MR) is 88.6 cm³/mol. The number of hydrogen-bond acceptors (Lipinski definition) is 3. The van der Waals surface area contributed by atoms with Crippen LogP contribution in [0.1, 0.15) is 37.6 Å². The summed E-state index contributed by atoms with van der Waals surface area (Å²) in [5.74, 6) is 0.875. The maximum atomic E-state index is 5.20. The van der Waals surface area contributed by atoms with Gasteiger partial charge < -0.3 is 9.47 Å². The summed E-state index contributed by atoms with van der Waals surface area (Å²) < 4.78 is 12.4. The van der Waals surface area contributed by atoms with Crippen molar-refractivity contribution < 1.29 is 9.47 Å². The van der Waals surface area contributed by atoms with Crippen molar-refractivity contribution in [2.45, 2.75) is 39.2 Å². The first-order chi connectivity index (χ1) is 10.4. The van der Waals surface area contributed by atoms with Gasteiger partial charge in [0.25, 0.3) is 0 Å². The largest absolute Gasteiger partial charge is 0.497 e. The fourth-order valence-corrected chi connectivity index (χ4v) is 2.47. The van der Waals surface area contributed by atoms with Crippen molar-refractivity contribution in [2.24, 2.45) is 0 Å². The Balaban J connectivity index is 2.21. The van der Waals surface area contributed by atoms with E-state index in [0.717, 1.165) is 24.4 Å². The Morgan fingerprint density at radius 1 is 1.09 bits per heavy atom. The molecule has 0 aliphatic carbocycles. The zero-order valence-electron chi connectivity index (χ0n) is 14.2. The average molecular weight is 302 g/mol. The van der Waals surface area contributed by atoms with E-state index in [1.807, 2.05) is 16.8 Å². The molecule has 0 aliphatic rings. The van der Waals surface area contributed by atoms with Crippen LogP contribution in [0.25, 0.3) is 0 Å². The van der Waals surface area contributed by atoms with Crippen molar-refractivity contribution in [1.82, 2.24) is 9.78 Å². The van der Waals surface area contributed by atoms with Gasteiger partial charge >= 0.3 is 0 Å². The molecule has 0 unspecified atom stereocenters. The van der Waals surface area contributed by atoms with E-state index in [4.69, 9.17) is 14.6 Å². The van der Waals surface area contributed by atoms with Crippen LogP contribution in [0.3, 0.4) is 0 Å². The van der Waals surface area contributed by atoms with Crippen LogP contribution >= 0.6 is 0 Å². The minimum absolute atomic E-state index is 0.0846. The summed E-state index contributed by atoms with van der Waals surface area (Å²) >= 11 is 0. The minimum atomic E-state index is 0.0846. The van der Waals surface area contributed by atoms with E-state index in [2.05, 4.69) is 39.1 Å². The molecule has 0 N–H and O–H groups in total. The monoisotopic (exact) mass is 302 g/mol. The molecular formula is C18H26N2O2. The van der Waals surface area contributed by atoms with Gasteiger partial charge in [0.2, 0.25) is 0 Å². The molecule has 0 amide bonds. The second kappa shape index (κ2) is 6.97. The summed E-state index contributed by atoms with van der Waals surface area (Å²) in [6.07, 6.45) is 3.01. The second-order valence-electron chi connectivity index (χ2n) is 6.53. The Hall–Kier alpha value is -1.81. The third kappa shape index (κ3) is 4.10. The van der Waals surface area contributed by atoms with Crippen LogP contribution in [0.4, 0.5) is 0 Å². The fourth-order valence-electron chi connectivity index (χ4n) is 2.47. The van der Waals surface area contributed by atoms with E-state index in [1.54, 1.807) is 14.2 Å². The highest BCUT2D eigenvalue weighted by Gasteiger charge is 2.21. The lowest BCUT2D eigenvalue weighted by Crippen LogP contribution is -2.13. The van der Waals surface area contributed by atoms with Gasteiger partial charge in [-0.3, -0.25) is 4.68 Å². The molecule has 1 aromatic heterocycles. The molecule has 22 heavy (non-hydrogen) atoms. The zero-order valence-corrected chi connectivity index (χ0v) is 14.2. The van der Waals surface area contributed by atoms with Crippen LogP contribution in [0.15, 0.2) is 30.5 Å². The van der Waals surface area contributed by atoms with Gasteiger partial charge in [0, 0.05) is 19.7 Å². The van der Waals surface area contributed by atoms with Gasteiger partial charge in [-0.2, -0.15) is 5.10 Å².